The lowest BCUT2D eigenvalue weighted by molar-refractivity contribution is -0.142. The first kappa shape index (κ1) is 8.52. The highest BCUT2D eigenvalue weighted by molar-refractivity contribution is 5.83. The largest absolute Gasteiger partial charge is 0.480 e. The molecule has 0 radical (unpaired) electrons. The van der Waals surface area contributed by atoms with Gasteiger partial charge in [-0.15, -0.1) is 0 Å². The summed E-state index contributed by atoms with van der Waals surface area (Å²) in [5, 5.41) is 21.1. The first-order valence-corrected chi connectivity index (χ1v) is 4.52. The lowest BCUT2D eigenvalue weighted by Gasteiger charge is -2.24. The standard InChI is InChI=1S/C9H12N2O2/c10-6-9(7(12)13)5-8(9)1-3-11-4-2-8/h11H,1-5H2,(H,12,13). The van der Waals surface area contributed by atoms with Crippen LogP contribution in [-0.4, -0.2) is 24.2 Å². The Morgan fingerprint density at radius 1 is 1.46 bits per heavy atom. The van der Waals surface area contributed by atoms with Gasteiger partial charge in [-0.05, 0) is 32.4 Å². The van der Waals surface area contributed by atoms with Crippen molar-refractivity contribution in [3.05, 3.63) is 0 Å². The molecule has 2 rings (SSSR count). The van der Waals surface area contributed by atoms with Gasteiger partial charge in [-0.3, -0.25) is 4.79 Å². The van der Waals surface area contributed by atoms with Gasteiger partial charge in [0, 0.05) is 5.41 Å². The number of nitriles is 1. The van der Waals surface area contributed by atoms with Gasteiger partial charge in [0.05, 0.1) is 6.07 Å². The van der Waals surface area contributed by atoms with Crippen LogP contribution in [0.1, 0.15) is 19.3 Å². The normalized spacial score (nSPS) is 35.3. The molecule has 0 aromatic carbocycles. The van der Waals surface area contributed by atoms with Crippen molar-refractivity contribution in [2.24, 2.45) is 10.8 Å². The summed E-state index contributed by atoms with van der Waals surface area (Å²) in [5.74, 6) is -0.933. The summed E-state index contributed by atoms with van der Waals surface area (Å²) >= 11 is 0. The van der Waals surface area contributed by atoms with E-state index in [1.165, 1.54) is 0 Å². The van der Waals surface area contributed by atoms with E-state index in [4.69, 9.17) is 10.4 Å². The van der Waals surface area contributed by atoms with Gasteiger partial charge in [0.25, 0.3) is 0 Å². The summed E-state index contributed by atoms with van der Waals surface area (Å²) < 4.78 is 0. The number of carbonyl (C=O) groups is 1. The van der Waals surface area contributed by atoms with Gasteiger partial charge in [-0.1, -0.05) is 0 Å². The van der Waals surface area contributed by atoms with E-state index in [0.717, 1.165) is 25.9 Å². The minimum absolute atomic E-state index is 0.209. The number of hydrogen-bond donors (Lipinski definition) is 2. The summed E-state index contributed by atoms with van der Waals surface area (Å²) in [6.45, 7) is 1.69. The summed E-state index contributed by atoms with van der Waals surface area (Å²) in [6.07, 6.45) is 2.20. The molecule has 0 aromatic rings. The zero-order valence-corrected chi connectivity index (χ0v) is 7.34. The molecule has 1 heterocycles. The lowest BCUT2D eigenvalue weighted by Crippen LogP contribution is -2.34. The molecule has 4 nitrogen and oxygen atoms in total. The summed E-state index contributed by atoms with van der Waals surface area (Å²) in [4.78, 5) is 10.9. The highest BCUT2D eigenvalue weighted by atomic mass is 16.4. The number of aliphatic carboxylic acids is 1. The summed E-state index contributed by atoms with van der Waals surface area (Å²) in [6, 6.07) is 1.99. The first-order chi connectivity index (χ1) is 6.17. The number of piperidine rings is 1. The topological polar surface area (TPSA) is 73.1 Å². The highest BCUT2D eigenvalue weighted by Gasteiger charge is 2.72. The predicted molar refractivity (Wildman–Crippen MR) is 44.8 cm³/mol. The Bertz CT molecular complexity index is 288. The van der Waals surface area contributed by atoms with E-state index in [9.17, 15) is 4.79 Å². The molecule has 1 unspecified atom stereocenters. The van der Waals surface area contributed by atoms with Crippen molar-refractivity contribution < 1.29 is 9.90 Å². The van der Waals surface area contributed by atoms with Gasteiger partial charge in [0.2, 0.25) is 0 Å². The summed E-state index contributed by atoms with van der Waals surface area (Å²) in [5.41, 5.74) is -1.27. The molecule has 1 saturated carbocycles. The second-order valence-corrected chi connectivity index (χ2v) is 4.03. The summed E-state index contributed by atoms with van der Waals surface area (Å²) in [7, 11) is 0. The number of carboxylic acid groups (broad SMARTS) is 1. The van der Waals surface area contributed by atoms with Gasteiger partial charge in [-0.25, -0.2) is 0 Å². The third-order valence-electron chi connectivity index (χ3n) is 3.50. The Morgan fingerprint density at radius 2 is 2.08 bits per heavy atom. The molecule has 70 valence electrons. The monoisotopic (exact) mass is 180 g/mol. The quantitative estimate of drug-likeness (QED) is 0.610. The predicted octanol–water partition coefficient (Wildman–Crippen LogP) is 0.354. The molecule has 2 N–H and O–H groups in total. The van der Waals surface area contributed by atoms with Crippen LogP contribution >= 0.6 is 0 Å². The van der Waals surface area contributed by atoms with E-state index in [1.807, 2.05) is 6.07 Å². The lowest BCUT2D eigenvalue weighted by atomic mass is 9.85. The third-order valence-corrected chi connectivity index (χ3v) is 3.50. The number of hydrogen-bond acceptors (Lipinski definition) is 3. The second kappa shape index (κ2) is 2.46. The zero-order chi connectivity index (χ0) is 9.53. The maximum atomic E-state index is 10.9. The molecule has 4 heteroatoms. The zero-order valence-electron chi connectivity index (χ0n) is 7.34. The van der Waals surface area contributed by atoms with E-state index in [-0.39, 0.29) is 5.41 Å². The number of nitrogens with zero attached hydrogens (tertiary/aromatic N) is 1. The molecular formula is C9H12N2O2. The molecule has 2 fully saturated rings. The van der Waals surface area contributed by atoms with Crippen LogP contribution in [0, 0.1) is 22.2 Å². The maximum absolute atomic E-state index is 10.9. The van der Waals surface area contributed by atoms with Crippen LogP contribution in [0.2, 0.25) is 0 Å². The smallest absolute Gasteiger partial charge is 0.324 e. The van der Waals surface area contributed by atoms with Gasteiger partial charge >= 0.3 is 5.97 Å². The van der Waals surface area contributed by atoms with Crippen LogP contribution in [0.5, 0.6) is 0 Å². The maximum Gasteiger partial charge on any atom is 0.324 e. The van der Waals surface area contributed by atoms with E-state index in [1.54, 1.807) is 0 Å². The number of rotatable bonds is 1. The fraction of sp³-hybridized carbons (Fsp3) is 0.778. The van der Waals surface area contributed by atoms with Crippen LogP contribution in [0.15, 0.2) is 0 Å². The van der Waals surface area contributed by atoms with Crippen LogP contribution in [0.4, 0.5) is 0 Å². The third kappa shape index (κ3) is 0.909. The number of carboxylic acids is 1. The van der Waals surface area contributed by atoms with Crippen LogP contribution in [0.3, 0.4) is 0 Å². The fourth-order valence-electron chi connectivity index (χ4n) is 2.48. The molecule has 1 atom stereocenters. The van der Waals surface area contributed by atoms with Crippen molar-refractivity contribution in [3.63, 3.8) is 0 Å². The molecule has 13 heavy (non-hydrogen) atoms. The molecule has 1 saturated heterocycles. The van der Waals surface area contributed by atoms with Crippen molar-refractivity contribution in [3.8, 4) is 6.07 Å². The van der Waals surface area contributed by atoms with E-state index in [0.29, 0.717) is 6.42 Å². The molecule has 1 spiro atoms. The van der Waals surface area contributed by atoms with Gasteiger partial charge in [0.1, 0.15) is 0 Å². The highest BCUT2D eigenvalue weighted by Crippen LogP contribution is 2.68. The molecule has 0 amide bonds. The minimum atomic E-state index is -1.06. The SMILES string of the molecule is N#CC1(C(=O)O)CC12CCNCC2. The molecule has 1 aliphatic carbocycles. The fourth-order valence-corrected chi connectivity index (χ4v) is 2.48. The Kier molecular flexibility index (Phi) is 1.61. The van der Waals surface area contributed by atoms with Gasteiger partial charge in [-0.2, -0.15) is 5.26 Å². The van der Waals surface area contributed by atoms with E-state index in [2.05, 4.69) is 5.32 Å². The minimum Gasteiger partial charge on any atom is -0.480 e. The molecule has 0 aromatic heterocycles. The van der Waals surface area contributed by atoms with Crippen LogP contribution in [-0.2, 0) is 4.79 Å². The molecule has 2 aliphatic rings. The average Bonchev–Trinajstić information content (AvgIpc) is 2.76. The van der Waals surface area contributed by atoms with Crippen LogP contribution < -0.4 is 5.32 Å². The average molecular weight is 180 g/mol. The van der Waals surface area contributed by atoms with Gasteiger partial charge < -0.3 is 10.4 Å². The number of nitrogens with one attached hydrogen (secondary N) is 1. The Hall–Kier alpha value is -1.08. The van der Waals surface area contributed by atoms with Gasteiger partial charge in [0.15, 0.2) is 5.41 Å². The Labute approximate surface area is 76.5 Å². The van der Waals surface area contributed by atoms with Crippen molar-refractivity contribution >= 4 is 5.97 Å². The van der Waals surface area contributed by atoms with Crippen LogP contribution in [0.25, 0.3) is 0 Å². The van der Waals surface area contributed by atoms with Crippen molar-refractivity contribution in [2.75, 3.05) is 13.1 Å². The second-order valence-electron chi connectivity index (χ2n) is 4.03. The van der Waals surface area contributed by atoms with Crippen molar-refractivity contribution in [1.29, 1.82) is 5.26 Å². The molecule has 0 bridgehead atoms. The van der Waals surface area contributed by atoms with Crippen molar-refractivity contribution in [2.45, 2.75) is 19.3 Å². The Balaban J connectivity index is 2.21. The Morgan fingerprint density at radius 3 is 2.46 bits per heavy atom. The first-order valence-electron chi connectivity index (χ1n) is 4.52. The van der Waals surface area contributed by atoms with E-state index < -0.39 is 11.4 Å². The van der Waals surface area contributed by atoms with E-state index >= 15 is 0 Å². The molecular weight excluding hydrogens is 168 g/mol. The molecule has 1 aliphatic heterocycles. The van der Waals surface area contributed by atoms with Crippen molar-refractivity contribution in [1.82, 2.24) is 5.32 Å².